The van der Waals surface area contributed by atoms with E-state index in [1.54, 1.807) is 12.1 Å². The van der Waals surface area contributed by atoms with Gasteiger partial charge in [0.1, 0.15) is 11.3 Å². The van der Waals surface area contributed by atoms with Crippen LogP contribution >= 0.6 is 11.3 Å². The number of primary amides is 1. The minimum atomic E-state index is -4.78. The van der Waals surface area contributed by atoms with E-state index in [0.29, 0.717) is 15.8 Å². The molecule has 2 aromatic carbocycles. The van der Waals surface area contributed by atoms with Crippen LogP contribution in [-0.2, 0) is 0 Å². The highest BCUT2D eigenvalue weighted by atomic mass is 32.1. The van der Waals surface area contributed by atoms with E-state index in [0.717, 1.165) is 23.5 Å². The summed E-state index contributed by atoms with van der Waals surface area (Å²) in [5.74, 6) is -1.40. The Morgan fingerprint density at radius 2 is 1.69 bits per heavy atom. The molecule has 0 atom stereocenters. The standard InChI is InChI=1S/C17H10F3NO4S/c18-17(19,20)25-10-4-1-8(2-5-10)9-3-6-12-11(7-9)14(22)13(15(21)23)16(24)26-12/h1-7,24H,(H2,21,23). The molecule has 0 saturated heterocycles. The SMILES string of the molecule is NC(=O)c1c(O)sc2ccc(-c3ccc(OC(F)(F)F)cc3)cc2c1=O. The van der Waals surface area contributed by atoms with Crippen molar-refractivity contribution in [3.05, 3.63) is 58.3 Å². The van der Waals surface area contributed by atoms with Gasteiger partial charge >= 0.3 is 6.36 Å². The largest absolute Gasteiger partial charge is 0.573 e. The molecule has 0 spiro atoms. The normalized spacial score (nSPS) is 11.5. The lowest BCUT2D eigenvalue weighted by atomic mass is 10.0. The van der Waals surface area contributed by atoms with Gasteiger partial charge in [-0.05, 0) is 35.4 Å². The fourth-order valence-electron chi connectivity index (χ4n) is 2.43. The Bertz CT molecular complexity index is 1060. The number of fused-ring (bicyclic) bond motifs is 1. The van der Waals surface area contributed by atoms with E-state index < -0.39 is 28.3 Å². The Morgan fingerprint density at radius 3 is 2.27 bits per heavy atom. The quantitative estimate of drug-likeness (QED) is 0.725. The van der Waals surface area contributed by atoms with Crippen molar-refractivity contribution in [3.63, 3.8) is 0 Å². The van der Waals surface area contributed by atoms with E-state index in [4.69, 9.17) is 5.73 Å². The molecular weight excluding hydrogens is 371 g/mol. The van der Waals surface area contributed by atoms with Gasteiger partial charge in [0.25, 0.3) is 5.91 Å². The van der Waals surface area contributed by atoms with Crippen LogP contribution in [0.1, 0.15) is 10.4 Å². The Hall–Kier alpha value is -3.07. The van der Waals surface area contributed by atoms with Crippen molar-refractivity contribution in [2.75, 3.05) is 0 Å². The molecule has 3 rings (SSSR count). The van der Waals surface area contributed by atoms with Crippen molar-refractivity contribution >= 4 is 27.3 Å². The second-order valence-corrected chi connectivity index (χ2v) is 6.29. The number of carbonyl (C=O) groups is 1. The number of nitrogens with two attached hydrogens (primary N) is 1. The number of rotatable bonds is 3. The van der Waals surface area contributed by atoms with Crippen LogP contribution in [0.15, 0.2) is 47.3 Å². The number of amides is 1. The molecule has 1 aromatic heterocycles. The summed E-state index contributed by atoms with van der Waals surface area (Å²) >= 11 is 0.833. The third kappa shape index (κ3) is 3.47. The molecule has 0 radical (unpaired) electrons. The molecule has 0 aliphatic carbocycles. The average molecular weight is 381 g/mol. The van der Waals surface area contributed by atoms with E-state index in [-0.39, 0.29) is 11.1 Å². The lowest BCUT2D eigenvalue weighted by Crippen LogP contribution is -2.21. The van der Waals surface area contributed by atoms with Gasteiger partial charge in [-0.15, -0.1) is 13.2 Å². The number of alkyl halides is 3. The summed E-state index contributed by atoms with van der Waals surface area (Å²) in [4.78, 5) is 23.7. The first-order valence-electron chi connectivity index (χ1n) is 7.11. The van der Waals surface area contributed by atoms with Crippen molar-refractivity contribution in [1.82, 2.24) is 0 Å². The second-order valence-electron chi connectivity index (χ2n) is 5.26. The highest BCUT2D eigenvalue weighted by Gasteiger charge is 2.31. The van der Waals surface area contributed by atoms with Gasteiger partial charge in [-0.1, -0.05) is 29.5 Å². The smallest absolute Gasteiger partial charge is 0.499 e. The van der Waals surface area contributed by atoms with Crippen molar-refractivity contribution in [3.8, 4) is 21.9 Å². The molecule has 0 saturated carbocycles. The topological polar surface area (TPSA) is 89.6 Å². The van der Waals surface area contributed by atoms with E-state index in [1.807, 2.05) is 0 Å². The van der Waals surface area contributed by atoms with Crippen LogP contribution in [0, 0.1) is 0 Å². The molecule has 134 valence electrons. The van der Waals surface area contributed by atoms with Crippen molar-refractivity contribution in [1.29, 1.82) is 0 Å². The van der Waals surface area contributed by atoms with Crippen LogP contribution in [-0.4, -0.2) is 17.4 Å². The van der Waals surface area contributed by atoms with Crippen LogP contribution in [0.25, 0.3) is 21.2 Å². The predicted octanol–water partition coefficient (Wildman–Crippen LogP) is 3.63. The number of aromatic hydroxyl groups is 1. The summed E-state index contributed by atoms with van der Waals surface area (Å²) in [6.45, 7) is 0. The zero-order chi connectivity index (χ0) is 19.1. The highest BCUT2D eigenvalue weighted by Crippen LogP contribution is 2.31. The summed E-state index contributed by atoms with van der Waals surface area (Å²) in [5, 5.41) is 9.50. The van der Waals surface area contributed by atoms with Gasteiger partial charge in [-0.2, -0.15) is 0 Å². The maximum Gasteiger partial charge on any atom is 0.573 e. The van der Waals surface area contributed by atoms with Crippen LogP contribution < -0.4 is 15.9 Å². The van der Waals surface area contributed by atoms with Crippen molar-refractivity contribution in [2.45, 2.75) is 6.36 Å². The second kappa shape index (κ2) is 6.34. The number of halogens is 3. The molecule has 9 heteroatoms. The Kier molecular flexibility index (Phi) is 4.33. The number of ether oxygens (including phenoxy) is 1. The molecule has 0 aliphatic rings. The lowest BCUT2D eigenvalue weighted by Gasteiger charge is -2.10. The van der Waals surface area contributed by atoms with E-state index >= 15 is 0 Å². The van der Waals surface area contributed by atoms with Gasteiger partial charge in [0.05, 0.1) is 0 Å². The maximum absolute atomic E-state index is 12.4. The molecule has 0 fully saturated rings. The van der Waals surface area contributed by atoms with Gasteiger partial charge in [0.15, 0.2) is 5.06 Å². The van der Waals surface area contributed by atoms with Crippen molar-refractivity contribution in [2.24, 2.45) is 5.73 Å². The van der Waals surface area contributed by atoms with Crippen LogP contribution in [0.4, 0.5) is 13.2 Å². The van der Waals surface area contributed by atoms with E-state index in [9.17, 15) is 27.9 Å². The summed E-state index contributed by atoms with van der Waals surface area (Å²) in [7, 11) is 0. The molecular formula is C17H10F3NO4S. The third-order valence-electron chi connectivity index (χ3n) is 3.54. The molecule has 0 bridgehead atoms. The monoisotopic (exact) mass is 381 g/mol. The first kappa shape index (κ1) is 17.7. The van der Waals surface area contributed by atoms with E-state index in [2.05, 4.69) is 4.74 Å². The zero-order valence-electron chi connectivity index (χ0n) is 12.8. The van der Waals surface area contributed by atoms with Gasteiger partial charge in [-0.25, -0.2) is 0 Å². The molecule has 0 aliphatic heterocycles. The third-order valence-corrected chi connectivity index (χ3v) is 4.51. The molecule has 5 nitrogen and oxygen atoms in total. The molecule has 1 amide bonds. The number of benzene rings is 2. The number of hydrogen-bond acceptors (Lipinski definition) is 5. The van der Waals surface area contributed by atoms with Crippen LogP contribution in [0.2, 0.25) is 0 Å². The fraction of sp³-hybridized carbons (Fsp3) is 0.0588. The predicted molar refractivity (Wildman–Crippen MR) is 90.4 cm³/mol. The Balaban J connectivity index is 2.06. The number of carbonyl (C=O) groups excluding carboxylic acids is 1. The van der Waals surface area contributed by atoms with Gasteiger partial charge < -0.3 is 15.6 Å². The Labute approximate surface area is 148 Å². The summed E-state index contributed by atoms with van der Waals surface area (Å²) < 4.78 is 40.9. The molecule has 3 aromatic rings. The summed E-state index contributed by atoms with van der Waals surface area (Å²) in [6.07, 6.45) is -4.78. The minimum Gasteiger partial charge on any atom is -0.499 e. The van der Waals surface area contributed by atoms with Crippen LogP contribution in [0.3, 0.4) is 0 Å². The van der Waals surface area contributed by atoms with Gasteiger partial charge in [0.2, 0.25) is 5.43 Å². The molecule has 0 unspecified atom stereocenters. The van der Waals surface area contributed by atoms with Gasteiger partial charge in [0, 0.05) is 10.1 Å². The molecule has 26 heavy (non-hydrogen) atoms. The minimum absolute atomic E-state index is 0.176. The van der Waals surface area contributed by atoms with Crippen LogP contribution in [0.5, 0.6) is 10.8 Å². The van der Waals surface area contributed by atoms with Crippen molar-refractivity contribution < 1.29 is 27.8 Å². The first-order valence-corrected chi connectivity index (χ1v) is 7.93. The van der Waals surface area contributed by atoms with E-state index in [1.165, 1.54) is 18.2 Å². The summed E-state index contributed by atoms with van der Waals surface area (Å²) in [6, 6.07) is 9.82. The Morgan fingerprint density at radius 1 is 1.08 bits per heavy atom. The summed E-state index contributed by atoms with van der Waals surface area (Å²) in [5.41, 5.74) is 5.01. The zero-order valence-corrected chi connectivity index (χ0v) is 13.6. The fourth-order valence-corrected chi connectivity index (χ4v) is 3.33. The maximum atomic E-state index is 12.4. The highest BCUT2D eigenvalue weighted by molar-refractivity contribution is 7.20. The molecule has 3 N–H and O–H groups in total. The lowest BCUT2D eigenvalue weighted by molar-refractivity contribution is -0.274. The molecule has 1 heterocycles. The number of hydrogen-bond donors (Lipinski definition) is 2. The average Bonchev–Trinajstić information content (AvgIpc) is 2.53. The first-order chi connectivity index (χ1) is 12.2. The van der Waals surface area contributed by atoms with Gasteiger partial charge in [-0.3, -0.25) is 9.59 Å².